The molecule has 0 bridgehead atoms. The van der Waals surface area contributed by atoms with Crippen molar-refractivity contribution in [3.63, 3.8) is 0 Å². The van der Waals surface area contributed by atoms with Gasteiger partial charge in [0.15, 0.2) is 0 Å². The number of carbonyl (C=O) groups is 1. The maximum atomic E-state index is 12.0. The molecular formula is C14H26N2O4. The first-order valence-electron chi connectivity index (χ1n) is 7.60. The van der Waals surface area contributed by atoms with Crippen LogP contribution in [-0.2, 0) is 14.3 Å². The Morgan fingerprint density at radius 3 is 2.60 bits per heavy atom. The maximum absolute atomic E-state index is 12.0. The molecule has 0 aliphatic carbocycles. The van der Waals surface area contributed by atoms with E-state index >= 15 is 0 Å². The molecule has 2 fully saturated rings. The van der Waals surface area contributed by atoms with Gasteiger partial charge in [0, 0.05) is 32.3 Å². The van der Waals surface area contributed by atoms with Gasteiger partial charge in [-0.25, -0.2) is 0 Å². The molecule has 0 aromatic rings. The quantitative estimate of drug-likeness (QED) is 0.705. The number of nitrogens with zero attached hydrogens (tertiary/aromatic N) is 1. The zero-order valence-corrected chi connectivity index (χ0v) is 12.1. The molecule has 2 N–H and O–H groups in total. The Kier molecular flexibility index (Phi) is 6.72. The summed E-state index contributed by atoms with van der Waals surface area (Å²) in [5.74, 6) is 0.117. The van der Waals surface area contributed by atoms with Crippen LogP contribution >= 0.6 is 0 Å². The molecule has 2 heterocycles. The third-order valence-electron chi connectivity index (χ3n) is 3.93. The highest BCUT2D eigenvalue weighted by molar-refractivity contribution is 5.78. The second-order valence-electron chi connectivity index (χ2n) is 5.52. The fourth-order valence-corrected chi connectivity index (χ4v) is 2.77. The van der Waals surface area contributed by atoms with Crippen molar-refractivity contribution in [1.82, 2.24) is 10.2 Å². The van der Waals surface area contributed by atoms with Crippen molar-refractivity contribution in [2.24, 2.45) is 0 Å². The van der Waals surface area contributed by atoms with Gasteiger partial charge in [-0.05, 0) is 25.7 Å². The van der Waals surface area contributed by atoms with Gasteiger partial charge in [-0.2, -0.15) is 0 Å². The van der Waals surface area contributed by atoms with E-state index in [4.69, 9.17) is 14.6 Å². The molecule has 2 rings (SSSR count). The number of carbonyl (C=O) groups excluding carboxylic acids is 1. The van der Waals surface area contributed by atoms with Gasteiger partial charge in [-0.1, -0.05) is 0 Å². The number of likely N-dealkylation sites (tertiary alicyclic amines) is 1. The summed E-state index contributed by atoms with van der Waals surface area (Å²) in [5.41, 5.74) is 0. The Hall–Kier alpha value is -0.690. The van der Waals surface area contributed by atoms with Crippen LogP contribution in [0.3, 0.4) is 0 Å². The van der Waals surface area contributed by atoms with Crippen LogP contribution in [0, 0.1) is 0 Å². The average Bonchev–Trinajstić information content (AvgIpc) is 2.47. The van der Waals surface area contributed by atoms with Crippen molar-refractivity contribution in [1.29, 1.82) is 0 Å². The number of aliphatic hydroxyl groups is 1. The van der Waals surface area contributed by atoms with Crippen LogP contribution in [0.15, 0.2) is 0 Å². The van der Waals surface area contributed by atoms with Gasteiger partial charge in [0.2, 0.25) is 5.91 Å². The van der Waals surface area contributed by atoms with Gasteiger partial charge in [-0.15, -0.1) is 0 Å². The van der Waals surface area contributed by atoms with Gasteiger partial charge < -0.3 is 19.9 Å². The van der Waals surface area contributed by atoms with Gasteiger partial charge in [0.1, 0.15) is 0 Å². The molecule has 1 amide bonds. The molecule has 116 valence electrons. The van der Waals surface area contributed by atoms with Crippen molar-refractivity contribution < 1.29 is 19.4 Å². The lowest BCUT2D eigenvalue weighted by molar-refractivity contribution is -0.124. The largest absolute Gasteiger partial charge is 0.394 e. The summed E-state index contributed by atoms with van der Waals surface area (Å²) >= 11 is 0. The molecule has 20 heavy (non-hydrogen) atoms. The van der Waals surface area contributed by atoms with Crippen LogP contribution in [0.1, 0.15) is 25.7 Å². The van der Waals surface area contributed by atoms with Crippen molar-refractivity contribution in [2.75, 3.05) is 46.1 Å². The Morgan fingerprint density at radius 2 is 1.95 bits per heavy atom. The molecule has 2 saturated heterocycles. The SMILES string of the molecule is O=C(CN1CCC(OCCO)CC1)NC1CCOCC1. The fourth-order valence-electron chi connectivity index (χ4n) is 2.77. The van der Waals surface area contributed by atoms with Gasteiger partial charge in [0.25, 0.3) is 0 Å². The molecular weight excluding hydrogens is 260 g/mol. The van der Waals surface area contributed by atoms with Crippen LogP contribution < -0.4 is 5.32 Å². The molecule has 6 heteroatoms. The molecule has 0 saturated carbocycles. The second kappa shape index (κ2) is 8.56. The highest BCUT2D eigenvalue weighted by atomic mass is 16.5. The van der Waals surface area contributed by atoms with Crippen molar-refractivity contribution in [3.05, 3.63) is 0 Å². The third-order valence-corrected chi connectivity index (χ3v) is 3.93. The normalized spacial score (nSPS) is 22.9. The molecule has 0 spiro atoms. The van der Waals surface area contributed by atoms with Gasteiger partial charge >= 0.3 is 0 Å². The van der Waals surface area contributed by atoms with E-state index in [0.717, 1.165) is 52.0 Å². The predicted molar refractivity (Wildman–Crippen MR) is 74.5 cm³/mol. The number of nitrogens with one attached hydrogen (secondary N) is 1. The smallest absolute Gasteiger partial charge is 0.234 e. The summed E-state index contributed by atoms with van der Waals surface area (Å²) < 4.78 is 10.8. The molecule has 0 aromatic carbocycles. The lowest BCUT2D eigenvalue weighted by atomic mass is 10.1. The average molecular weight is 286 g/mol. The van der Waals surface area contributed by atoms with Crippen LogP contribution in [0.25, 0.3) is 0 Å². The van der Waals surface area contributed by atoms with Gasteiger partial charge in [0.05, 0.1) is 25.9 Å². The molecule has 0 atom stereocenters. The zero-order chi connectivity index (χ0) is 14.2. The Labute approximate surface area is 120 Å². The van der Waals surface area contributed by atoms with E-state index < -0.39 is 0 Å². The van der Waals surface area contributed by atoms with E-state index in [9.17, 15) is 4.79 Å². The number of hydrogen-bond acceptors (Lipinski definition) is 5. The summed E-state index contributed by atoms with van der Waals surface area (Å²) in [6.45, 7) is 4.23. The lowest BCUT2D eigenvalue weighted by Gasteiger charge is -2.32. The van der Waals surface area contributed by atoms with E-state index in [0.29, 0.717) is 13.2 Å². The molecule has 2 aliphatic heterocycles. The number of piperidine rings is 1. The van der Waals surface area contributed by atoms with Crippen molar-refractivity contribution >= 4 is 5.91 Å². The fraction of sp³-hybridized carbons (Fsp3) is 0.929. The minimum Gasteiger partial charge on any atom is -0.394 e. The van der Waals surface area contributed by atoms with E-state index in [1.807, 2.05) is 0 Å². The maximum Gasteiger partial charge on any atom is 0.234 e. The van der Waals surface area contributed by atoms with E-state index in [1.165, 1.54) is 0 Å². The first-order valence-corrected chi connectivity index (χ1v) is 7.60. The number of ether oxygens (including phenoxy) is 2. The zero-order valence-electron chi connectivity index (χ0n) is 12.1. The molecule has 0 radical (unpaired) electrons. The van der Waals surface area contributed by atoms with Crippen molar-refractivity contribution in [3.8, 4) is 0 Å². The third kappa shape index (κ3) is 5.36. The number of aliphatic hydroxyl groups excluding tert-OH is 1. The Morgan fingerprint density at radius 1 is 1.25 bits per heavy atom. The summed E-state index contributed by atoms with van der Waals surface area (Å²) in [7, 11) is 0. The lowest BCUT2D eigenvalue weighted by Crippen LogP contribution is -2.46. The van der Waals surface area contributed by atoms with Gasteiger partial charge in [-0.3, -0.25) is 9.69 Å². The molecule has 2 aliphatic rings. The molecule has 0 unspecified atom stereocenters. The number of rotatable bonds is 6. The topological polar surface area (TPSA) is 71.0 Å². The minimum absolute atomic E-state index is 0.0771. The molecule has 0 aromatic heterocycles. The standard InChI is InChI=1S/C14H26N2O4/c17-7-10-20-13-1-5-16(6-2-13)11-14(18)15-12-3-8-19-9-4-12/h12-13,17H,1-11H2,(H,15,18). The van der Waals surface area contributed by atoms with Crippen LogP contribution in [0.2, 0.25) is 0 Å². The summed E-state index contributed by atoms with van der Waals surface area (Å²) in [5, 5.41) is 11.8. The first-order chi connectivity index (χ1) is 9.78. The summed E-state index contributed by atoms with van der Waals surface area (Å²) in [6, 6.07) is 0.279. The number of hydrogen-bond donors (Lipinski definition) is 2. The molecule has 6 nitrogen and oxygen atoms in total. The number of amides is 1. The summed E-state index contributed by atoms with van der Waals surface area (Å²) in [4.78, 5) is 14.1. The Balaban J connectivity index is 1.60. The monoisotopic (exact) mass is 286 g/mol. The van der Waals surface area contributed by atoms with Crippen LogP contribution in [0.4, 0.5) is 0 Å². The highest BCUT2D eigenvalue weighted by Crippen LogP contribution is 2.13. The predicted octanol–water partition coefficient (Wildman–Crippen LogP) is -0.245. The van der Waals surface area contributed by atoms with E-state index in [2.05, 4.69) is 10.2 Å². The van der Waals surface area contributed by atoms with Crippen LogP contribution in [0.5, 0.6) is 0 Å². The second-order valence-corrected chi connectivity index (χ2v) is 5.52. The summed E-state index contributed by atoms with van der Waals surface area (Å²) in [6.07, 6.45) is 3.94. The minimum atomic E-state index is 0.0771. The first kappa shape index (κ1) is 15.7. The van der Waals surface area contributed by atoms with E-state index in [-0.39, 0.29) is 24.7 Å². The van der Waals surface area contributed by atoms with Crippen LogP contribution in [-0.4, -0.2) is 74.1 Å². The Bertz CT molecular complexity index is 287. The highest BCUT2D eigenvalue weighted by Gasteiger charge is 2.22. The van der Waals surface area contributed by atoms with Crippen molar-refractivity contribution in [2.45, 2.75) is 37.8 Å². The van der Waals surface area contributed by atoms with E-state index in [1.54, 1.807) is 0 Å².